The topological polar surface area (TPSA) is 101 Å². The van der Waals surface area contributed by atoms with E-state index in [1.54, 1.807) is 18.7 Å². The maximum atomic E-state index is 12.3. The van der Waals surface area contributed by atoms with Crippen molar-refractivity contribution in [1.82, 2.24) is 15.3 Å². The number of hydrogen-bond acceptors (Lipinski definition) is 6. The van der Waals surface area contributed by atoms with Gasteiger partial charge in [0, 0.05) is 17.9 Å². The summed E-state index contributed by atoms with van der Waals surface area (Å²) < 4.78 is 0. The molecule has 1 aliphatic heterocycles. The molecule has 144 valence electrons. The molecular weight excluding hydrogens is 364 g/mol. The lowest BCUT2D eigenvalue weighted by Crippen LogP contribution is -2.39. The number of aromatic nitrogens is 1. The van der Waals surface area contributed by atoms with Gasteiger partial charge in [0.25, 0.3) is 5.91 Å². The summed E-state index contributed by atoms with van der Waals surface area (Å²) in [6.07, 6.45) is 0.249. The maximum absolute atomic E-state index is 12.3. The molecule has 27 heavy (non-hydrogen) atoms. The largest absolute Gasteiger partial charge is 0.379 e. The van der Waals surface area contributed by atoms with Gasteiger partial charge in [-0.3, -0.25) is 4.79 Å². The van der Waals surface area contributed by atoms with Crippen molar-refractivity contribution >= 4 is 29.0 Å². The highest BCUT2D eigenvalue weighted by atomic mass is 32.1. The van der Waals surface area contributed by atoms with Crippen LogP contribution in [0.5, 0.6) is 0 Å². The van der Waals surface area contributed by atoms with E-state index < -0.39 is 12.5 Å². The highest BCUT2D eigenvalue weighted by Gasteiger charge is 2.26. The first kappa shape index (κ1) is 19.5. The molecule has 0 saturated carbocycles. The Morgan fingerprint density at radius 3 is 2.59 bits per heavy atom. The summed E-state index contributed by atoms with van der Waals surface area (Å²) in [7, 11) is 0. The van der Waals surface area contributed by atoms with Crippen LogP contribution in [0.25, 0.3) is 6.08 Å². The fourth-order valence-corrected chi connectivity index (χ4v) is 3.90. The lowest BCUT2D eigenvalue weighted by Gasteiger charge is -2.28. The van der Waals surface area contributed by atoms with Crippen LogP contribution in [0.15, 0.2) is 28.2 Å². The van der Waals surface area contributed by atoms with Gasteiger partial charge in [-0.2, -0.15) is 5.10 Å². The zero-order valence-electron chi connectivity index (χ0n) is 15.8. The van der Waals surface area contributed by atoms with Crippen LogP contribution in [0.4, 0.5) is 0 Å². The number of H-pyrrole nitrogens is 1. The molecule has 1 amide bonds. The minimum absolute atomic E-state index is 0.235. The van der Waals surface area contributed by atoms with Crippen molar-refractivity contribution in [2.45, 2.75) is 46.7 Å². The van der Waals surface area contributed by atoms with Crippen LogP contribution < -0.4 is 5.43 Å². The van der Waals surface area contributed by atoms with E-state index in [-0.39, 0.29) is 5.91 Å². The average Bonchev–Trinajstić information content (AvgIpc) is 3.29. The molecule has 0 bridgehead atoms. The number of hydrogen-bond donors (Lipinski definition) is 4. The van der Waals surface area contributed by atoms with Gasteiger partial charge >= 0.3 is 0 Å². The fourth-order valence-electron chi connectivity index (χ4n) is 3.17. The number of aromatic amines is 1. The zero-order valence-corrected chi connectivity index (χ0v) is 16.6. The standard InChI is InChI=1S/C19H24N4O3S/c1-10-15(9-23(12(3)24)13(4)25)11(2)20-16(10)8-14-18(21-22-19(14)26)17-6-5-7-27-17/h5-8,12-13,20,24-25H,9H2,1-4H3,(H,22,26). The van der Waals surface area contributed by atoms with Crippen molar-refractivity contribution in [2.24, 2.45) is 5.10 Å². The van der Waals surface area contributed by atoms with Crippen molar-refractivity contribution in [3.63, 3.8) is 0 Å². The van der Waals surface area contributed by atoms with Gasteiger partial charge < -0.3 is 15.2 Å². The van der Waals surface area contributed by atoms with E-state index >= 15 is 0 Å². The summed E-state index contributed by atoms with van der Waals surface area (Å²) in [4.78, 5) is 18.1. The molecule has 7 nitrogen and oxygen atoms in total. The monoisotopic (exact) mass is 388 g/mol. The quantitative estimate of drug-likeness (QED) is 0.450. The Labute approximate surface area is 162 Å². The normalized spacial score (nSPS) is 18.1. The number of carbonyl (C=O) groups excluding carboxylic acids is 1. The molecule has 1 aliphatic rings. The van der Waals surface area contributed by atoms with Gasteiger partial charge in [-0.25, -0.2) is 10.3 Å². The number of nitrogens with zero attached hydrogens (tertiary/aromatic N) is 2. The Balaban J connectivity index is 1.95. The predicted molar refractivity (Wildman–Crippen MR) is 106 cm³/mol. The molecule has 2 unspecified atom stereocenters. The minimum Gasteiger partial charge on any atom is -0.379 e. The number of hydrazone groups is 1. The van der Waals surface area contributed by atoms with Crippen LogP contribution in [0, 0.1) is 13.8 Å². The Kier molecular flexibility index (Phi) is 5.61. The third-order valence-corrected chi connectivity index (χ3v) is 5.62. The summed E-state index contributed by atoms with van der Waals surface area (Å²) in [6.45, 7) is 7.54. The predicted octanol–water partition coefficient (Wildman–Crippen LogP) is 2.09. The van der Waals surface area contributed by atoms with Crippen LogP contribution in [0.1, 0.15) is 41.2 Å². The number of aryl methyl sites for hydroxylation is 1. The highest BCUT2D eigenvalue weighted by Crippen LogP contribution is 2.26. The molecule has 0 aromatic carbocycles. The Bertz CT molecular complexity index is 886. The van der Waals surface area contributed by atoms with E-state index in [2.05, 4.69) is 15.5 Å². The van der Waals surface area contributed by atoms with Crippen molar-refractivity contribution < 1.29 is 15.0 Å². The number of nitrogens with one attached hydrogen (secondary N) is 2. The van der Waals surface area contributed by atoms with Gasteiger partial charge in [-0.1, -0.05) is 6.07 Å². The number of aliphatic hydroxyl groups excluding tert-OH is 2. The Morgan fingerprint density at radius 2 is 2.00 bits per heavy atom. The molecule has 3 rings (SSSR count). The molecule has 2 atom stereocenters. The molecule has 0 radical (unpaired) electrons. The van der Waals surface area contributed by atoms with E-state index in [1.165, 1.54) is 11.3 Å². The van der Waals surface area contributed by atoms with Crippen LogP contribution in [0.2, 0.25) is 0 Å². The number of rotatable bonds is 6. The number of aliphatic hydroxyl groups is 2. The molecule has 3 heterocycles. The molecule has 0 fully saturated rings. The minimum atomic E-state index is -0.779. The molecule has 2 aromatic heterocycles. The number of carbonyl (C=O) groups is 1. The van der Waals surface area contributed by atoms with Gasteiger partial charge in [0.2, 0.25) is 0 Å². The molecule has 8 heteroatoms. The van der Waals surface area contributed by atoms with Crippen LogP contribution >= 0.6 is 11.3 Å². The second kappa shape index (κ2) is 7.77. The van der Waals surface area contributed by atoms with Gasteiger partial charge in [0.15, 0.2) is 0 Å². The van der Waals surface area contributed by atoms with Gasteiger partial charge in [0.1, 0.15) is 18.2 Å². The van der Waals surface area contributed by atoms with Crippen molar-refractivity contribution in [3.05, 3.63) is 50.5 Å². The summed E-state index contributed by atoms with van der Waals surface area (Å²) in [5.41, 5.74) is 7.37. The summed E-state index contributed by atoms with van der Waals surface area (Å²) >= 11 is 1.53. The SMILES string of the molecule is Cc1[nH]c(C=C2C(=O)NN=C2c2cccs2)c(C)c1CN(C(C)O)C(C)O. The second-order valence-corrected chi connectivity index (χ2v) is 7.59. The van der Waals surface area contributed by atoms with Gasteiger partial charge in [0.05, 0.1) is 10.5 Å². The third kappa shape index (κ3) is 3.89. The zero-order chi connectivity index (χ0) is 19.7. The summed E-state index contributed by atoms with van der Waals surface area (Å²) in [5.74, 6) is -0.235. The number of amides is 1. The van der Waals surface area contributed by atoms with Gasteiger partial charge in [-0.15, -0.1) is 11.3 Å². The maximum Gasteiger partial charge on any atom is 0.273 e. The van der Waals surface area contributed by atoms with Crippen molar-refractivity contribution in [2.75, 3.05) is 0 Å². The first-order valence-electron chi connectivity index (χ1n) is 8.73. The molecule has 0 saturated heterocycles. The van der Waals surface area contributed by atoms with E-state index in [9.17, 15) is 15.0 Å². The lowest BCUT2D eigenvalue weighted by molar-refractivity contribution is -0.116. The van der Waals surface area contributed by atoms with Crippen molar-refractivity contribution in [3.8, 4) is 0 Å². The van der Waals surface area contributed by atoms with E-state index in [4.69, 9.17) is 0 Å². The smallest absolute Gasteiger partial charge is 0.273 e. The first-order valence-corrected chi connectivity index (χ1v) is 9.61. The molecule has 0 aliphatic carbocycles. The van der Waals surface area contributed by atoms with E-state index in [0.717, 1.165) is 27.4 Å². The van der Waals surface area contributed by atoms with E-state index in [1.807, 2.05) is 37.4 Å². The highest BCUT2D eigenvalue weighted by molar-refractivity contribution is 7.12. The van der Waals surface area contributed by atoms with E-state index in [0.29, 0.717) is 17.8 Å². The third-order valence-electron chi connectivity index (χ3n) is 4.74. The van der Waals surface area contributed by atoms with Crippen LogP contribution in [-0.4, -0.2) is 44.2 Å². The van der Waals surface area contributed by atoms with Crippen LogP contribution in [-0.2, 0) is 11.3 Å². The fraction of sp³-hybridized carbons (Fsp3) is 0.368. The first-order chi connectivity index (χ1) is 12.8. The molecule has 4 N–H and O–H groups in total. The Hall–Kier alpha value is -2.26. The number of thiophene rings is 1. The van der Waals surface area contributed by atoms with Crippen molar-refractivity contribution in [1.29, 1.82) is 0 Å². The lowest BCUT2D eigenvalue weighted by atomic mass is 10.0. The van der Waals surface area contributed by atoms with Gasteiger partial charge in [-0.05, 0) is 56.3 Å². The second-order valence-electron chi connectivity index (χ2n) is 6.64. The summed E-state index contributed by atoms with van der Waals surface area (Å²) in [5, 5.41) is 25.9. The Morgan fingerprint density at radius 1 is 1.30 bits per heavy atom. The molecule has 2 aromatic rings. The molecular formula is C19H24N4O3S. The summed E-state index contributed by atoms with van der Waals surface area (Å²) in [6, 6.07) is 3.85. The molecule has 0 spiro atoms. The average molecular weight is 388 g/mol. The van der Waals surface area contributed by atoms with Crippen LogP contribution in [0.3, 0.4) is 0 Å².